The van der Waals surface area contributed by atoms with Gasteiger partial charge in [0.15, 0.2) is 5.75 Å². The number of alkyl halides is 2. The SMILES string of the molecule is FC(F)Oc1c(Cl)cc(NC2CCNC2)cc1Cl. The Morgan fingerprint density at radius 3 is 2.50 bits per heavy atom. The van der Waals surface area contributed by atoms with Crippen molar-refractivity contribution in [1.29, 1.82) is 0 Å². The van der Waals surface area contributed by atoms with Crippen LogP contribution in [0.3, 0.4) is 0 Å². The molecular weight excluding hydrogens is 285 g/mol. The molecule has 1 aromatic rings. The molecule has 2 N–H and O–H groups in total. The monoisotopic (exact) mass is 296 g/mol. The molecule has 7 heteroatoms. The molecular formula is C11H12Cl2F2N2O. The third-order valence-electron chi connectivity index (χ3n) is 2.64. The molecule has 1 atom stereocenters. The minimum atomic E-state index is -2.95. The molecule has 100 valence electrons. The van der Waals surface area contributed by atoms with Crippen molar-refractivity contribution in [1.82, 2.24) is 5.32 Å². The molecule has 1 aliphatic heterocycles. The average molecular weight is 297 g/mol. The van der Waals surface area contributed by atoms with Crippen LogP contribution in [-0.2, 0) is 0 Å². The predicted octanol–water partition coefficient (Wildman–Crippen LogP) is 3.37. The molecule has 0 radical (unpaired) electrons. The highest BCUT2D eigenvalue weighted by Gasteiger charge is 2.17. The second-order valence-corrected chi connectivity index (χ2v) is 4.80. The second-order valence-electron chi connectivity index (χ2n) is 3.98. The van der Waals surface area contributed by atoms with Gasteiger partial charge in [-0.25, -0.2) is 0 Å². The molecule has 18 heavy (non-hydrogen) atoms. The third kappa shape index (κ3) is 3.37. The van der Waals surface area contributed by atoms with E-state index in [1.165, 1.54) is 12.1 Å². The maximum Gasteiger partial charge on any atom is 0.387 e. The summed E-state index contributed by atoms with van der Waals surface area (Å²) in [6.45, 7) is -1.14. The first-order valence-corrected chi connectivity index (χ1v) is 6.23. The lowest BCUT2D eigenvalue weighted by atomic mass is 10.2. The van der Waals surface area contributed by atoms with Crippen LogP contribution in [0.5, 0.6) is 5.75 Å². The summed E-state index contributed by atoms with van der Waals surface area (Å²) in [6.07, 6.45) is 0.991. The van der Waals surface area contributed by atoms with E-state index in [2.05, 4.69) is 15.4 Å². The largest absolute Gasteiger partial charge is 0.432 e. The second kappa shape index (κ2) is 5.91. The van der Waals surface area contributed by atoms with Gasteiger partial charge in [-0.1, -0.05) is 23.2 Å². The Morgan fingerprint density at radius 1 is 1.33 bits per heavy atom. The van der Waals surface area contributed by atoms with E-state index in [0.29, 0.717) is 11.7 Å². The molecule has 1 unspecified atom stereocenters. The number of halogens is 4. The lowest BCUT2D eigenvalue weighted by molar-refractivity contribution is -0.0497. The van der Waals surface area contributed by atoms with E-state index in [-0.39, 0.29) is 15.8 Å². The molecule has 2 rings (SSSR count). The lowest BCUT2D eigenvalue weighted by Gasteiger charge is -2.15. The first-order chi connectivity index (χ1) is 8.56. The van der Waals surface area contributed by atoms with E-state index in [9.17, 15) is 8.78 Å². The maximum absolute atomic E-state index is 12.1. The highest BCUT2D eigenvalue weighted by molar-refractivity contribution is 6.37. The smallest absolute Gasteiger partial charge is 0.387 e. The highest BCUT2D eigenvalue weighted by Crippen LogP contribution is 2.37. The van der Waals surface area contributed by atoms with Gasteiger partial charge in [0.2, 0.25) is 0 Å². The van der Waals surface area contributed by atoms with Crippen LogP contribution in [0.4, 0.5) is 14.5 Å². The van der Waals surface area contributed by atoms with Gasteiger partial charge in [-0.15, -0.1) is 0 Å². The van der Waals surface area contributed by atoms with Crippen LogP contribution in [0.15, 0.2) is 12.1 Å². The molecule has 1 aromatic carbocycles. The number of ether oxygens (including phenoxy) is 1. The molecule has 1 fully saturated rings. The van der Waals surface area contributed by atoms with Crippen molar-refractivity contribution in [2.24, 2.45) is 0 Å². The standard InChI is InChI=1S/C11H12Cl2F2N2O/c12-8-3-7(17-6-1-2-16-5-6)4-9(13)10(8)18-11(14)15/h3-4,6,11,16-17H,1-2,5H2. The summed E-state index contributed by atoms with van der Waals surface area (Å²) < 4.78 is 28.6. The normalized spacial score (nSPS) is 19.3. The fourth-order valence-electron chi connectivity index (χ4n) is 1.86. The Labute approximate surface area is 113 Å². The van der Waals surface area contributed by atoms with Gasteiger partial charge in [-0.3, -0.25) is 0 Å². The van der Waals surface area contributed by atoms with Crippen molar-refractivity contribution in [3.63, 3.8) is 0 Å². The van der Waals surface area contributed by atoms with Gasteiger partial charge >= 0.3 is 6.61 Å². The van der Waals surface area contributed by atoms with Gasteiger partial charge in [-0.05, 0) is 25.1 Å². The van der Waals surface area contributed by atoms with Crippen LogP contribution >= 0.6 is 23.2 Å². The Bertz CT molecular complexity index is 402. The van der Waals surface area contributed by atoms with Crippen molar-refractivity contribution >= 4 is 28.9 Å². The topological polar surface area (TPSA) is 33.3 Å². The van der Waals surface area contributed by atoms with Gasteiger partial charge in [-0.2, -0.15) is 8.78 Å². The highest BCUT2D eigenvalue weighted by atomic mass is 35.5. The first kappa shape index (κ1) is 13.6. The number of benzene rings is 1. The third-order valence-corrected chi connectivity index (χ3v) is 3.20. The van der Waals surface area contributed by atoms with Crippen molar-refractivity contribution in [3.05, 3.63) is 22.2 Å². The zero-order chi connectivity index (χ0) is 13.1. The summed E-state index contributed by atoms with van der Waals surface area (Å²) in [5, 5.41) is 6.57. The van der Waals surface area contributed by atoms with Gasteiger partial charge in [0.1, 0.15) is 0 Å². The number of nitrogens with one attached hydrogen (secondary N) is 2. The predicted molar refractivity (Wildman–Crippen MR) is 68.0 cm³/mol. The zero-order valence-corrected chi connectivity index (χ0v) is 10.9. The molecule has 1 saturated heterocycles. The molecule has 0 bridgehead atoms. The Morgan fingerprint density at radius 2 is 2.00 bits per heavy atom. The number of hydrogen-bond acceptors (Lipinski definition) is 3. The van der Waals surface area contributed by atoms with E-state index < -0.39 is 6.61 Å². The van der Waals surface area contributed by atoms with Crippen molar-refractivity contribution in [3.8, 4) is 5.75 Å². The summed E-state index contributed by atoms with van der Waals surface area (Å²) in [4.78, 5) is 0. The Kier molecular flexibility index (Phi) is 4.48. The maximum atomic E-state index is 12.1. The minimum Gasteiger partial charge on any atom is -0.432 e. The summed E-state index contributed by atoms with van der Waals surface area (Å²) in [5.74, 6) is -0.191. The quantitative estimate of drug-likeness (QED) is 0.894. The van der Waals surface area contributed by atoms with E-state index in [1.54, 1.807) is 0 Å². The molecule has 1 aliphatic rings. The fraction of sp³-hybridized carbons (Fsp3) is 0.455. The van der Waals surface area contributed by atoms with E-state index in [4.69, 9.17) is 23.2 Å². The minimum absolute atomic E-state index is 0.0660. The molecule has 0 aromatic heterocycles. The van der Waals surface area contributed by atoms with Gasteiger partial charge < -0.3 is 15.4 Å². The van der Waals surface area contributed by atoms with Crippen LogP contribution < -0.4 is 15.4 Å². The van der Waals surface area contributed by atoms with Crippen LogP contribution in [0.1, 0.15) is 6.42 Å². The first-order valence-electron chi connectivity index (χ1n) is 5.47. The summed E-state index contributed by atoms with van der Waals surface area (Å²) in [6, 6.07) is 3.35. The van der Waals surface area contributed by atoms with Crippen molar-refractivity contribution < 1.29 is 13.5 Å². The molecule has 0 aliphatic carbocycles. The van der Waals surface area contributed by atoms with E-state index >= 15 is 0 Å². The molecule has 0 saturated carbocycles. The van der Waals surface area contributed by atoms with E-state index in [1.807, 2.05) is 0 Å². The molecule has 0 amide bonds. The van der Waals surface area contributed by atoms with Crippen LogP contribution in [0, 0.1) is 0 Å². The number of rotatable bonds is 4. The van der Waals surface area contributed by atoms with Crippen LogP contribution in [-0.4, -0.2) is 25.7 Å². The molecule has 0 spiro atoms. The zero-order valence-electron chi connectivity index (χ0n) is 9.35. The van der Waals surface area contributed by atoms with Crippen molar-refractivity contribution in [2.75, 3.05) is 18.4 Å². The summed E-state index contributed by atoms with van der Waals surface area (Å²) >= 11 is 11.7. The number of hydrogen-bond donors (Lipinski definition) is 2. The summed E-state index contributed by atoms with van der Waals surface area (Å²) in [7, 11) is 0. The summed E-state index contributed by atoms with van der Waals surface area (Å²) in [5.41, 5.74) is 0.695. The fourth-order valence-corrected chi connectivity index (χ4v) is 2.43. The van der Waals surface area contributed by atoms with Gasteiger partial charge in [0, 0.05) is 18.3 Å². The van der Waals surface area contributed by atoms with Crippen LogP contribution in [0.2, 0.25) is 10.0 Å². The average Bonchev–Trinajstić information content (AvgIpc) is 2.76. The van der Waals surface area contributed by atoms with Crippen LogP contribution in [0.25, 0.3) is 0 Å². The Hall–Kier alpha value is -0.780. The molecule has 3 nitrogen and oxygen atoms in total. The number of anilines is 1. The molecule has 1 heterocycles. The van der Waals surface area contributed by atoms with E-state index in [0.717, 1.165) is 19.5 Å². The van der Waals surface area contributed by atoms with Crippen molar-refractivity contribution in [2.45, 2.75) is 19.1 Å². The van der Waals surface area contributed by atoms with Gasteiger partial charge in [0.25, 0.3) is 0 Å². The Balaban J connectivity index is 2.13. The lowest BCUT2D eigenvalue weighted by Crippen LogP contribution is -2.22. The van der Waals surface area contributed by atoms with Gasteiger partial charge in [0.05, 0.1) is 10.0 Å².